The molecule has 2 aromatic carbocycles. The Morgan fingerprint density at radius 3 is 2.63 bits per heavy atom. The molecule has 2 aromatic rings. The topological polar surface area (TPSA) is 58.6 Å². The number of anilines is 2. The number of alkyl halides is 3. The second-order valence-electron chi connectivity index (χ2n) is 6.17. The number of nitrogens with one attached hydrogen (secondary N) is 1. The van der Waals surface area contributed by atoms with E-state index in [4.69, 9.17) is 4.74 Å². The summed E-state index contributed by atoms with van der Waals surface area (Å²) in [6.07, 6.45) is -4.50. The van der Waals surface area contributed by atoms with Crippen LogP contribution in [-0.2, 0) is 15.8 Å². The summed E-state index contributed by atoms with van der Waals surface area (Å²) in [5, 5.41) is 2.47. The monoisotopic (exact) mass is 378 g/mol. The number of methoxy groups -OCH3 is 1. The smallest absolute Gasteiger partial charge is 0.416 e. The van der Waals surface area contributed by atoms with Crippen LogP contribution in [0.5, 0.6) is 5.75 Å². The van der Waals surface area contributed by atoms with Gasteiger partial charge in [-0.25, -0.2) is 0 Å². The van der Waals surface area contributed by atoms with E-state index in [0.29, 0.717) is 11.4 Å². The minimum Gasteiger partial charge on any atom is -0.497 e. The molecule has 142 valence electrons. The molecular formula is C19H17F3N2O3. The van der Waals surface area contributed by atoms with Crippen molar-refractivity contribution in [2.45, 2.75) is 12.6 Å². The van der Waals surface area contributed by atoms with Gasteiger partial charge in [0.15, 0.2) is 0 Å². The fourth-order valence-electron chi connectivity index (χ4n) is 2.93. The van der Waals surface area contributed by atoms with Gasteiger partial charge in [-0.3, -0.25) is 9.59 Å². The first-order valence-corrected chi connectivity index (χ1v) is 8.20. The molecule has 0 bridgehead atoms. The van der Waals surface area contributed by atoms with Gasteiger partial charge in [0.05, 0.1) is 18.6 Å². The lowest BCUT2D eigenvalue weighted by Crippen LogP contribution is -2.28. The Morgan fingerprint density at radius 1 is 1.19 bits per heavy atom. The first kappa shape index (κ1) is 18.8. The molecular weight excluding hydrogens is 361 g/mol. The number of nitrogens with zero attached hydrogens (tertiary/aromatic N) is 1. The van der Waals surface area contributed by atoms with E-state index in [1.807, 2.05) is 0 Å². The molecule has 1 heterocycles. The van der Waals surface area contributed by atoms with Gasteiger partial charge in [0, 0.05) is 30.4 Å². The van der Waals surface area contributed by atoms with Gasteiger partial charge in [0.2, 0.25) is 11.8 Å². The lowest BCUT2D eigenvalue weighted by atomic mass is 10.1. The Hall–Kier alpha value is -3.03. The largest absolute Gasteiger partial charge is 0.497 e. The maximum atomic E-state index is 12.8. The summed E-state index contributed by atoms with van der Waals surface area (Å²) in [5.74, 6) is -0.795. The predicted octanol–water partition coefficient (Wildman–Crippen LogP) is 3.71. The zero-order valence-electron chi connectivity index (χ0n) is 14.4. The number of hydrogen-bond donors (Lipinski definition) is 1. The van der Waals surface area contributed by atoms with Crippen LogP contribution < -0.4 is 15.0 Å². The molecule has 2 amide bonds. The van der Waals surface area contributed by atoms with Crippen molar-refractivity contribution in [2.24, 2.45) is 5.92 Å². The summed E-state index contributed by atoms with van der Waals surface area (Å²) in [5.41, 5.74) is -0.198. The zero-order valence-corrected chi connectivity index (χ0v) is 14.4. The molecule has 5 nitrogen and oxygen atoms in total. The van der Waals surface area contributed by atoms with Crippen molar-refractivity contribution in [2.75, 3.05) is 23.9 Å². The summed E-state index contributed by atoms with van der Waals surface area (Å²) < 4.78 is 43.5. The van der Waals surface area contributed by atoms with Crippen molar-refractivity contribution in [3.8, 4) is 5.75 Å². The molecule has 1 fully saturated rings. The Kier molecular flexibility index (Phi) is 5.07. The van der Waals surface area contributed by atoms with Crippen LogP contribution in [0.1, 0.15) is 12.0 Å². The highest BCUT2D eigenvalue weighted by molar-refractivity contribution is 6.03. The van der Waals surface area contributed by atoms with Gasteiger partial charge in [-0.2, -0.15) is 13.2 Å². The van der Waals surface area contributed by atoms with Crippen molar-refractivity contribution >= 4 is 23.2 Å². The highest BCUT2D eigenvalue weighted by Gasteiger charge is 2.36. The van der Waals surface area contributed by atoms with Crippen molar-refractivity contribution in [1.82, 2.24) is 0 Å². The summed E-state index contributed by atoms with van der Waals surface area (Å²) in [6.45, 7) is 0.150. The first-order chi connectivity index (χ1) is 12.8. The lowest BCUT2D eigenvalue weighted by molar-refractivity contribution is -0.137. The van der Waals surface area contributed by atoms with Crippen LogP contribution in [0.4, 0.5) is 24.5 Å². The highest BCUT2D eigenvalue weighted by Crippen LogP contribution is 2.32. The number of carbonyl (C=O) groups excluding carboxylic acids is 2. The fourth-order valence-corrected chi connectivity index (χ4v) is 2.93. The van der Waals surface area contributed by atoms with Gasteiger partial charge in [-0.05, 0) is 30.3 Å². The van der Waals surface area contributed by atoms with Crippen LogP contribution in [-0.4, -0.2) is 25.5 Å². The summed E-state index contributed by atoms with van der Waals surface area (Å²) in [6, 6.07) is 11.3. The van der Waals surface area contributed by atoms with Crippen LogP contribution in [0.15, 0.2) is 48.5 Å². The van der Waals surface area contributed by atoms with E-state index >= 15 is 0 Å². The van der Waals surface area contributed by atoms with E-state index in [2.05, 4.69) is 5.32 Å². The number of rotatable bonds is 4. The summed E-state index contributed by atoms with van der Waals surface area (Å²) in [4.78, 5) is 26.2. The maximum absolute atomic E-state index is 12.8. The highest BCUT2D eigenvalue weighted by atomic mass is 19.4. The summed E-state index contributed by atoms with van der Waals surface area (Å²) in [7, 11) is 1.51. The second-order valence-corrected chi connectivity index (χ2v) is 6.17. The molecule has 27 heavy (non-hydrogen) atoms. The molecule has 0 saturated carbocycles. The van der Waals surface area contributed by atoms with Crippen LogP contribution in [0.25, 0.3) is 0 Å². The molecule has 1 aliphatic heterocycles. The van der Waals surface area contributed by atoms with Gasteiger partial charge >= 0.3 is 6.18 Å². The lowest BCUT2D eigenvalue weighted by Gasteiger charge is -2.17. The molecule has 0 spiro atoms. The molecule has 1 atom stereocenters. The Balaban J connectivity index is 1.71. The third-order valence-corrected chi connectivity index (χ3v) is 4.32. The molecule has 1 N–H and O–H groups in total. The van der Waals surface area contributed by atoms with Crippen LogP contribution >= 0.6 is 0 Å². The molecule has 1 saturated heterocycles. The SMILES string of the molecule is COc1cccc(N2C[C@H](C(=O)Nc3cccc(C(F)(F)F)c3)CC2=O)c1. The molecule has 0 unspecified atom stereocenters. The normalized spacial score (nSPS) is 17.1. The van der Waals surface area contributed by atoms with E-state index < -0.39 is 23.6 Å². The van der Waals surface area contributed by atoms with Crippen molar-refractivity contribution in [1.29, 1.82) is 0 Å². The first-order valence-electron chi connectivity index (χ1n) is 8.20. The number of carbonyl (C=O) groups is 2. The van der Waals surface area contributed by atoms with Crippen molar-refractivity contribution in [3.63, 3.8) is 0 Å². The van der Waals surface area contributed by atoms with Crippen molar-refractivity contribution in [3.05, 3.63) is 54.1 Å². The van der Waals surface area contributed by atoms with Crippen molar-refractivity contribution < 1.29 is 27.5 Å². The maximum Gasteiger partial charge on any atom is 0.416 e. The molecule has 0 aliphatic carbocycles. The van der Waals surface area contributed by atoms with Gasteiger partial charge in [-0.15, -0.1) is 0 Å². The second kappa shape index (κ2) is 7.30. The standard InChI is InChI=1S/C19H17F3N2O3/c1-27-16-7-3-6-15(10-16)24-11-12(8-17(24)25)18(26)23-14-5-2-4-13(9-14)19(20,21)22/h2-7,9-10,12H,8,11H2,1H3,(H,23,26)/t12-/m1/s1. The van der Waals surface area contributed by atoms with Gasteiger partial charge in [-0.1, -0.05) is 12.1 Å². The summed E-state index contributed by atoms with van der Waals surface area (Å²) >= 11 is 0. The van der Waals surface area contributed by atoms with Gasteiger partial charge < -0.3 is 15.0 Å². The van der Waals surface area contributed by atoms with Gasteiger partial charge in [0.25, 0.3) is 0 Å². The third-order valence-electron chi connectivity index (χ3n) is 4.32. The number of halogens is 3. The Bertz CT molecular complexity index is 867. The number of amides is 2. The van der Waals surface area contributed by atoms with Crippen LogP contribution in [0.2, 0.25) is 0 Å². The van der Waals surface area contributed by atoms with E-state index in [9.17, 15) is 22.8 Å². The van der Waals surface area contributed by atoms with Crippen LogP contribution in [0, 0.1) is 5.92 Å². The van der Waals surface area contributed by atoms with E-state index in [-0.39, 0.29) is 24.6 Å². The van der Waals surface area contributed by atoms with E-state index in [0.717, 1.165) is 12.1 Å². The number of benzene rings is 2. The zero-order chi connectivity index (χ0) is 19.6. The quantitative estimate of drug-likeness (QED) is 0.883. The number of ether oxygens (including phenoxy) is 1. The fraction of sp³-hybridized carbons (Fsp3) is 0.263. The minimum absolute atomic E-state index is 0.0119. The number of hydrogen-bond acceptors (Lipinski definition) is 3. The van der Waals surface area contributed by atoms with E-state index in [1.54, 1.807) is 24.3 Å². The molecule has 0 aromatic heterocycles. The minimum atomic E-state index is -4.49. The molecule has 0 radical (unpaired) electrons. The van der Waals surface area contributed by atoms with Crippen LogP contribution in [0.3, 0.4) is 0 Å². The molecule has 1 aliphatic rings. The Morgan fingerprint density at radius 2 is 1.93 bits per heavy atom. The Labute approximate surface area is 153 Å². The average molecular weight is 378 g/mol. The predicted molar refractivity (Wildman–Crippen MR) is 93.5 cm³/mol. The average Bonchev–Trinajstić information content (AvgIpc) is 3.03. The van der Waals surface area contributed by atoms with E-state index in [1.165, 1.54) is 24.1 Å². The molecule has 3 rings (SSSR count). The third kappa shape index (κ3) is 4.21. The van der Waals surface area contributed by atoms with Gasteiger partial charge in [0.1, 0.15) is 5.75 Å². The molecule has 8 heteroatoms.